The molecule has 0 bridgehead atoms. The summed E-state index contributed by atoms with van der Waals surface area (Å²) in [5, 5.41) is 11.4. The van der Waals surface area contributed by atoms with Crippen molar-refractivity contribution in [2.45, 2.75) is 25.8 Å². The minimum absolute atomic E-state index is 0.0609. The van der Waals surface area contributed by atoms with Crippen molar-refractivity contribution in [1.82, 2.24) is 5.32 Å². The van der Waals surface area contributed by atoms with E-state index in [1.165, 1.54) is 0 Å². The van der Waals surface area contributed by atoms with E-state index in [2.05, 4.69) is 5.32 Å². The van der Waals surface area contributed by atoms with Crippen LogP contribution in [0.5, 0.6) is 0 Å². The van der Waals surface area contributed by atoms with Crippen LogP contribution in [0.3, 0.4) is 0 Å². The number of halogens is 2. The van der Waals surface area contributed by atoms with Gasteiger partial charge < -0.3 is 10.4 Å². The largest absolute Gasteiger partial charge is 0.481 e. The van der Waals surface area contributed by atoms with Crippen LogP contribution in [-0.2, 0) is 4.79 Å². The van der Waals surface area contributed by atoms with E-state index in [1.807, 2.05) is 0 Å². The smallest absolute Gasteiger partial charge is 0.303 e. The van der Waals surface area contributed by atoms with Crippen LogP contribution in [0.25, 0.3) is 0 Å². The molecular weight excluding hydrogens is 228 g/mol. The average Bonchev–Trinajstić information content (AvgIpc) is 2.27. The van der Waals surface area contributed by atoms with Crippen molar-refractivity contribution in [3.8, 4) is 0 Å². The van der Waals surface area contributed by atoms with Crippen LogP contribution in [0.1, 0.15) is 31.4 Å². The highest BCUT2D eigenvalue weighted by atomic mass is 19.1. The molecule has 0 saturated carbocycles. The van der Waals surface area contributed by atoms with Crippen molar-refractivity contribution in [2.24, 2.45) is 0 Å². The lowest BCUT2D eigenvalue weighted by molar-refractivity contribution is -0.137. The minimum Gasteiger partial charge on any atom is -0.481 e. The summed E-state index contributed by atoms with van der Waals surface area (Å²) in [5.74, 6) is -1.82. The number of aliphatic carboxylic acids is 1. The number of carbonyl (C=O) groups is 1. The Morgan fingerprint density at radius 3 is 2.82 bits per heavy atom. The summed E-state index contributed by atoms with van der Waals surface area (Å²) in [6.07, 6.45) is 0.516. The van der Waals surface area contributed by atoms with Crippen LogP contribution in [0.4, 0.5) is 8.78 Å². The molecule has 0 radical (unpaired) electrons. The standard InChI is InChI=1S/C12H15F2NO2/c1-8(15-6-2-3-12(16)17)10-7-9(13)4-5-11(10)14/h4-5,7-8,15H,2-3,6H2,1H3,(H,16,17). The van der Waals surface area contributed by atoms with Crippen LogP contribution in [-0.4, -0.2) is 17.6 Å². The second kappa shape index (κ2) is 6.30. The SMILES string of the molecule is CC(NCCCC(=O)O)c1cc(F)ccc1F. The van der Waals surface area contributed by atoms with Crippen molar-refractivity contribution in [1.29, 1.82) is 0 Å². The number of benzene rings is 1. The Morgan fingerprint density at radius 1 is 1.47 bits per heavy atom. The van der Waals surface area contributed by atoms with Crippen molar-refractivity contribution in [3.05, 3.63) is 35.4 Å². The van der Waals surface area contributed by atoms with Gasteiger partial charge in [0.2, 0.25) is 0 Å². The molecule has 3 nitrogen and oxygen atoms in total. The first-order chi connectivity index (χ1) is 8.00. The highest BCUT2D eigenvalue weighted by Gasteiger charge is 2.11. The number of hydrogen-bond donors (Lipinski definition) is 2. The second-order valence-electron chi connectivity index (χ2n) is 3.84. The Bertz CT molecular complexity index is 396. The van der Waals surface area contributed by atoms with Gasteiger partial charge in [0.1, 0.15) is 11.6 Å². The average molecular weight is 243 g/mol. The first kappa shape index (κ1) is 13.6. The zero-order valence-electron chi connectivity index (χ0n) is 9.54. The monoisotopic (exact) mass is 243 g/mol. The highest BCUT2D eigenvalue weighted by molar-refractivity contribution is 5.66. The van der Waals surface area contributed by atoms with Crippen LogP contribution < -0.4 is 5.32 Å². The first-order valence-corrected chi connectivity index (χ1v) is 5.41. The maximum Gasteiger partial charge on any atom is 0.303 e. The Morgan fingerprint density at radius 2 is 2.18 bits per heavy atom. The van der Waals surface area contributed by atoms with Gasteiger partial charge in [0.05, 0.1) is 0 Å². The summed E-state index contributed by atoms with van der Waals surface area (Å²) in [6.45, 7) is 2.15. The van der Waals surface area contributed by atoms with Gasteiger partial charge in [-0.3, -0.25) is 4.79 Å². The summed E-state index contributed by atoms with van der Waals surface area (Å²) in [6, 6.07) is 2.94. The molecule has 1 rings (SSSR count). The van der Waals surface area contributed by atoms with E-state index in [4.69, 9.17) is 5.11 Å². The molecule has 17 heavy (non-hydrogen) atoms. The number of carboxylic acid groups (broad SMARTS) is 1. The van der Waals surface area contributed by atoms with Crippen molar-refractivity contribution < 1.29 is 18.7 Å². The second-order valence-corrected chi connectivity index (χ2v) is 3.84. The number of carboxylic acids is 1. The lowest BCUT2D eigenvalue weighted by atomic mass is 10.1. The molecule has 5 heteroatoms. The molecule has 94 valence electrons. The van der Waals surface area contributed by atoms with Gasteiger partial charge in [-0.25, -0.2) is 8.78 Å². The van der Waals surface area contributed by atoms with Gasteiger partial charge in [0, 0.05) is 18.0 Å². The number of hydrogen-bond acceptors (Lipinski definition) is 2. The molecule has 2 N–H and O–H groups in total. The molecule has 1 atom stereocenters. The van der Waals surface area contributed by atoms with Gasteiger partial charge >= 0.3 is 5.97 Å². The Kier molecular flexibility index (Phi) is 5.03. The summed E-state index contributed by atoms with van der Waals surface area (Å²) < 4.78 is 26.3. The zero-order chi connectivity index (χ0) is 12.8. The Labute approximate surface area is 98.5 Å². The third-order valence-corrected chi connectivity index (χ3v) is 2.44. The van der Waals surface area contributed by atoms with Gasteiger partial charge in [-0.1, -0.05) is 0 Å². The van der Waals surface area contributed by atoms with Crippen LogP contribution >= 0.6 is 0 Å². The lowest BCUT2D eigenvalue weighted by Crippen LogP contribution is -2.21. The lowest BCUT2D eigenvalue weighted by Gasteiger charge is -2.14. The van der Waals surface area contributed by atoms with Gasteiger partial charge in [-0.2, -0.15) is 0 Å². The van der Waals surface area contributed by atoms with Crippen LogP contribution in [0.2, 0.25) is 0 Å². The third-order valence-electron chi connectivity index (χ3n) is 2.44. The molecule has 0 spiro atoms. The fourth-order valence-electron chi connectivity index (χ4n) is 1.51. The molecule has 0 heterocycles. The van der Waals surface area contributed by atoms with Crippen molar-refractivity contribution >= 4 is 5.97 Å². The first-order valence-electron chi connectivity index (χ1n) is 5.41. The van der Waals surface area contributed by atoms with Crippen LogP contribution in [0.15, 0.2) is 18.2 Å². The summed E-state index contributed by atoms with van der Waals surface area (Å²) in [4.78, 5) is 10.3. The molecule has 0 aliphatic rings. The van der Waals surface area contributed by atoms with E-state index < -0.39 is 17.6 Å². The molecule has 0 fully saturated rings. The van der Waals surface area contributed by atoms with Crippen molar-refractivity contribution in [2.75, 3.05) is 6.54 Å². The molecule has 0 amide bonds. The Balaban J connectivity index is 2.49. The van der Waals surface area contributed by atoms with Gasteiger partial charge in [-0.15, -0.1) is 0 Å². The molecule has 1 unspecified atom stereocenters. The molecule has 0 aliphatic carbocycles. The van der Waals surface area contributed by atoms with E-state index in [0.29, 0.717) is 13.0 Å². The molecule has 0 aliphatic heterocycles. The minimum atomic E-state index is -0.864. The number of nitrogens with one attached hydrogen (secondary N) is 1. The van der Waals surface area contributed by atoms with E-state index >= 15 is 0 Å². The number of rotatable bonds is 6. The summed E-state index contributed by atoms with van der Waals surface area (Å²) >= 11 is 0. The molecular formula is C12H15F2NO2. The summed E-state index contributed by atoms with van der Waals surface area (Å²) in [7, 11) is 0. The van der Waals surface area contributed by atoms with Gasteiger partial charge in [0.25, 0.3) is 0 Å². The van der Waals surface area contributed by atoms with E-state index in [1.54, 1.807) is 6.92 Å². The van der Waals surface area contributed by atoms with Crippen molar-refractivity contribution in [3.63, 3.8) is 0 Å². The maximum atomic E-state index is 13.4. The zero-order valence-corrected chi connectivity index (χ0v) is 9.54. The Hall–Kier alpha value is -1.49. The summed E-state index contributed by atoms with van der Waals surface area (Å²) in [5.41, 5.74) is 0.250. The van der Waals surface area contributed by atoms with Crippen LogP contribution in [0, 0.1) is 11.6 Å². The van der Waals surface area contributed by atoms with E-state index in [0.717, 1.165) is 18.2 Å². The molecule has 1 aromatic carbocycles. The quantitative estimate of drug-likeness (QED) is 0.755. The van der Waals surface area contributed by atoms with E-state index in [9.17, 15) is 13.6 Å². The molecule has 1 aromatic rings. The molecule has 0 aromatic heterocycles. The van der Waals surface area contributed by atoms with E-state index in [-0.39, 0.29) is 18.0 Å². The highest BCUT2D eigenvalue weighted by Crippen LogP contribution is 2.17. The molecule has 0 saturated heterocycles. The maximum absolute atomic E-state index is 13.4. The topological polar surface area (TPSA) is 49.3 Å². The predicted octanol–water partition coefficient (Wildman–Crippen LogP) is 2.48. The normalized spacial score (nSPS) is 12.4. The fraction of sp³-hybridized carbons (Fsp3) is 0.417. The predicted molar refractivity (Wildman–Crippen MR) is 59.6 cm³/mol. The third kappa shape index (κ3) is 4.48. The van der Waals surface area contributed by atoms with Gasteiger partial charge in [-0.05, 0) is 38.1 Å². The van der Waals surface area contributed by atoms with Gasteiger partial charge in [0.15, 0.2) is 0 Å². The fourth-order valence-corrected chi connectivity index (χ4v) is 1.51.